The average Bonchev–Trinajstić information content (AvgIpc) is 2.28. The van der Waals surface area contributed by atoms with Crippen LogP contribution in [-0.4, -0.2) is 15.5 Å². The minimum atomic E-state index is -0.232. The van der Waals surface area contributed by atoms with Crippen LogP contribution in [0.5, 0.6) is 0 Å². The van der Waals surface area contributed by atoms with E-state index < -0.39 is 0 Å². The molecule has 3 N–H and O–H groups in total. The fourth-order valence-electron chi connectivity index (χ4n) is 1.28. The smallest absolute Gasteiger partial charge is 0.266 e. The van der Waals surface area contributed by atoms with Crippen LogP contribution in [0, 0.1) is 10.5 Å². The van der Waals surface area contributed by atoms with Crippen LogP contribution in [0.4, 0.5) is 0 Å². The highest BCUT2D eigenvalue weighted by atomic mass is 127. The van der Waals surface area contributed by atoms with Gasteiger partial charge in [-0.1, -0.05) is 0 Å². The minimum absolute atomic E-state index is 0.0683. The van der Waals surface area contributed by atoms with Gasteiger partial charge in [-0.15, -0.1) is 0 Å². The molecule has 1 rings (SSSR count). The Bertz CT molecular complexity index is 444. The molecule has 0 bridgehead atoms. The second kappa shape index (κ2) is 5.94. The number of hydrogen-bond acceptors (Lipinski definition) is 4. The standard InChI is InChI=1S/C9H13IN4O2/c1-6-12-5-7(10)9(16)14(6)4-2-3-8(15)13-11/h5H,2-4,11H2,1H3,(H,13,15). The highest BCUT2D eigenvalue weighted by molar-refractivity contribution is 14.1. The Balaban J connectivity index is 2.71. The molecule has 0 fully saturated rings. The molecule has 1 amide bonds. The maximum absolute atomic E-state index is 11.7. The molecule has 0 saturated carbocycles. The highest BCUT2D eigenvalue weighted by Gasteiger charge is 2.06. The van der Waals surface area contributed by atoms with Crippen molar-refractivity contribution < 1.29 is 4.79 Å². The van der Waals surface area contributed by atoms with Crippen LogP contribution in [0.3, 0.4) is 0 Å². The highest BCUT2D eigenvalue weighted by Crippen LogP contribution is 2.00. The maximum atomic E-state index is 11.7. The third-order valence-corrected chi connectivity index (χ3v) is 2.89. The van der Waals surface area contributed by atoms with Crippen LogP contribution in [0.1, 0.15) is 18.7 Å². The van der Waals surface area contributed by atoms with E-state index in [1.54, 1.807) is 17.7 Å². The van der Waals surface area contributed by atoms with Crippen molar-refractivity contribution >= 4 is 28.5 Å². The number of hydrogen-bond donors (Lipinski definition) is 2. The van der Waals surface area contributed by atoms with Gasteiger partial charge >= 0.3 is 0 Å². The van der Waals surface area contributed by atoms with Crippen molar-refractivity contribution in [3.63, 3.8) is 0 Å². The number of carbonyl (C=O) groups is 1. The largest absolute Gasteiger partial charge is 0.296 e. The van der Waals surface area contributed by atoms with Crippen LogP contribution in [0.15, 0.2) is 11.0 Å². The van der Waals surface area contributed by atoms with Gasteiger partial charge < -0.3 is 0 Å². The minimum Gasteiger partial charge on any atom is -0.296 e. The summed E-state index contributed by atoms with van der Waals surface area (Å²) in [6.45, 7) is 2.24. The summed E-state index contributed by atoms with van der Waals surface area (Å²) in [5.41, 5.74) is 1.98. The number of nitrogens with two attached hydrogens (primary N) is 1. The zero-order valence-electron chi connectivity index (χ0n) is 8.86. The van der Waals surface area contributed by atoms with Crippen LogP contribution in [0.2, 0.25) is 0 Å². The summed E-state index contributed by atoms with van der Waals surface area (Å²) in [6, 6.07) is 0. The van der Waals surface area contributed by atoms with Gasteiger partial charge in [-0.05, 0) is 35.9 Å². The predicted octanol–water partition coefficient (Wildman–Crippen LogP) is -0.0736. The summed E-state index contributed by atoms with van der Waals surface area (Å²) in [4.78, 5) is 26.7. The zero-order valence-corrected chi connectivity index (χ0v) is 11.0. The van der Waals surface area contributed by atoms with E-state index in [4.69, 9.17) is 5.84 Å². The lowest BCUT2D eigenvalue weighted by atomic mass is 10.3. The van der Waals surface area contributed by atoms with Gasteiger partial charge in [0.1, 0.15) is 5.82 Å². The lowest BCUT2D eigenvalue weighted by Gasteiger charge is -2.08. The van der Waals surface area contributed by atoms with E-state index in [0.29, 0.717) is 28.8 Å². The Hall–Kier alpha value is -0.960. The average molecular weight is 336 g/mol. The Kier molecular flexibility index (Phi) is 4.87. The number of halogens is 1. The van der Waals surface area contributed by atoms with Gasteiger partial charge in [0.2, 0.25) is 5.91 Å². The Morgan fingerprint density at radius 2 is 2.38 bits per heavy atom. The van der Waals surface area contributed by atoms with Crippen molar-refractivity contribution in [2.24, 2.45) is 5.84 Å². The summed E-state index contributed by atoms with van der Waals surface area (Å²) in [7, 11) is 0. The zero-order chi connectivity index (χ0) is 12.1. The molecule has 1 aromatic rings. The molecule has 0 saturated heterocycles. The van der Waals surface area contributed by atoms with Crippen molar-refractivity contribution in [3.05, 3.63) is 25.9 Å². The van der Waals surface area contributed by atoms with Crippen molar-refractivity contribution in [1.29, 1.82) is 0 Å². The fraction of sp³-hybridized carbons (Fsp3) is 0.444. The summed E-state index contributed by atoms with van der Waals surface area (Å²) in [6.07, 6.45) is 2.40. The number of rotatable bonds is 4. The summed E-state index contributed by atoms with van der Waals surface area (Å²) in [5, 5.41) is 0. The lowest BCUT2D eigenvalue weighted by molar-refractivity contribution is -0.121. The van der Waals surface area contributed by atoms with Gasteiger partial charge in [0.15, 0.2) is 0 Å². The maximum Gasteiger partial charge on any atom is 0.266 e. The number of amides is 1. The number of nitrogens with one attached hydrogen (secondary N) is 1. The molecule has 0 aliphatic heterocycles. The molecule has 16 heavy (non-hydrogen) atoms. The summed E-state index contributed by atoms with van der Waals surface area (Å²) in [5.74, 6) is 5.37. The van der Waals surface area contributed by atoms with Crippen molar-refractivity contribution in [2.75, 3.05) is 0 Å². The normalized spacial score (nSPS) is 10.2. The van der Waals surface area contributed by atoms with Gasteiger partial charge in [-0.3, -0.25) is 19.6 Å². The topological polar surface area (TPSA) is 90.0 Å². The lowest BCUT2D eigenvalue weighted by Crippen LogP contribution is -2.31. The molecule has 0 aromatic carbocycles. The van der Waals surface area contributed by atoms with Gasteiger partial charge in [-0.2, -0.15) is 0 Å². The Morgan fingerprint density at radius 1 is 1.69 bits per heavy atom. The van der Waals surface area contributed by atoms with Crippen molar-refractivity contribution in [3.8, 4) is 0 Å². The first kappa shape index (κ1) is 13.1. The number of aryl methyl sites for hydroxylation is 1. The van der Waals surface area contributed by atoms with Crippen molar-refractivity contribution in [1.82, 2.24) is 15.0 Å². The van der Waals surface area contributed by atoms with E-state index in [1.165, 1.54) is 0 Å². The van der Waals surface area contributed by atoms with Crippen molar-refractivity contribution in [2.45, 2.75) is 26.3 Å². The monoisotopic (exact) mass is 336 g/mol. The molecule has 6 nitrogen and oxygen atoms in total. The Morgan fingerprint density at radius 3 is 3.00 bits per heavy atom. The number of nitrogens with zero attached hydrogens (tertiary/aromatic N) is 2. The quantitative estimate of drug-likeness (QED) is 0.349. The first-order valence-electron chi connectivity index (χ1n) is 4.77. The first-order chi connectivity index (χ1) is 7.56. The van der Waals surface area contributed by atoms with Gasteiger partial charge in [0.25, 0.3) is 5.56 Å². The summed E-state index contributed by atoms with van der Waals surface area (Å²) >= 11 is 1.94. The molecule has 0 radical (unpaired) electrons. The SMILES string of the molecule is Cc1ncc(I)c(=O)n1CCCC(=O)NN. The van der Waals surface area contributed by atoms with Crippen LogP contribution in [0.25, 0.3) is 0 Å². The van der Waals surface area contributed by atoms with E-state index in [2.05, 4.69) is 4.98 Å². The number of carbonyl (C=O) groups excluding carboxylic acids is 1. The van der Waals surface area contributed by atoms with Gasteiger partial charge in [-0.25, -0.2) is 10.8 Å². The molecule has 0 aliphatic carbocycles. The van der Waals surface area contributed by atoms with Crippen LogP contribution >= 0.6 is 22.6 Å². The molecule has 0 spiro atoms. The molecule has 0 unspecified atom stereocenters. The second-order valence-electron chi connectivity index (χ2n) is 3.28. The van der Waals surface area contributed by atoms with Gasteiger partial charge in [0, 0.05) is 19.2 Å². The third-order valence-electron chi connectivity index (χ3n) is 2.15. The van der Waals surface area contributed by atoms with E-state index in [1.807, 2.05) is 28.0 Å². The molecule has 1 aromatic heterocycles. The van der Waals surface area contributed by atoms with E-state index in [-0.39, 0.29) is 11.5 Å². The van der Waals surface area contributed by atoms with Crippen LogP contribution < -0.4 is 16.8 Å². The van der Waals surface area contributed by atoms with Gasteiger partial charge in [0.05, 0.1) is 3.57 Å². The van der Waals surface area contributed by atoms with E-state index in [9.17, 15) is 9.59 Å². The fourth-order valence-corrected chi connectivity index (χ4v) is 1.71. The van der Waals surface area contributed by atoms with Crippen LogP contribution in [-0.2, 0) is 11.3 Å². The molecule has 1 heterocycles. The van der Waals surface area contributed by atoms with E-state index in [0.717, 1.165) is 0 Å². The second-order valence-corrected chi connectivity index (χ2v) is 4.44. The molecular weight excluding hydrogens is 323 g/mol. The number of hydrazine groups is 1. The predicted molar refractivity (Wildman–Crippen MR) is 67.5 cm³/mol. The molecular formula is C9H13IN4O2. The Labute approximate surface area is 106 Å². The molecule has 0 atom stereocenters. The summed E-state index contributed by atoms with van der Waals surface area (Å²) < 4.78 is 2.14. The molecule has 0 aliphatic rings. The van der Waals surface area contributed by atoms with E-state index >= 15 is 0 Å². The first-order valence-corrected chi connectivity index (χ1v) is 5.85. The molecule has 7 heteroatoms. The third kappa shape index (κ3) is 3.27. The molecule has 88 valence electrons. The number of aromatic nitrogens is 2.